The molecule has 0 aliphatic heterocycles. The van der Waals surface area contributed by atoms with E-state index in [9.17, 15) is 4.79 Å². The molecule has 0 atom stereocenters. The zero-order chi connectivity index (χ0) is 13.0. The Bertz CT molecular complexity index is 577. The summed E-state index contributed by atoms with van der Waals surface area (Å²) in [5, 5.41) is 1.70. The third-order valence-corrected chi connectivity index (χ3v) is 3.53. The zero-order valence-corrected chi connectivity index (χ0v) is 13.1. The first-order valence-corrected chi connectivity index (χ1v) is 8.92. The molecular formula is C12H10INO2S2. The normalized spacial score (nSPS) is 10.3. The quantitative estimate of drug-likeness (QED) is 0.339. The van der Waals surface area contributed by atoms with Crippen molar-refractivity contribution in [2.24, 2.45) is 0 Å². The number of thiol groups is 1. The second kappa shape index (κ2) is 6.53. The maximum absolute atomic E-state index is 10.6. The van der Waals surface area contributed by atoms with Crippen molar-refractivity contribution in [3.05, 3.63) is 42.0 Å². The summed E-state index contributed by atoms with van der Waals surface area (Å²) in [5.41, 5.74) is 2.02. The van der Waals surface area contributed by atoms with Crippen LogP contribution in [0.5, 0.6) is 0 Å². The Hall–Kier alpha value is -0.600. The summed E-state index contributed by atoms with van der Waals surface area (Å²) in [6, 6.07) is 12.1. The first-order chi connectivity index (χ1) is 8.69. The first kappa shape index (κ1) is 13.8. The van der Waals surface area contributed by atoms with Crippen molar-refractivity contribution in [3.63, 3.8) is 0 Å². The number of anilines is 1. The van der Waals surface area contributed by atoms with E-state index in [1.807, 2.05) is 30.3 Å². The number of carbonyl (C=O) groups excluding carboxylic acids is 1. The molecule has 2 rings (SSSR count). The number of rotatable bonds is 4. The van der Waals surface area contributed by atoms with Crippen LogP contribution in [-0.4, -0.2) is 5.30 Å². The lowest BCUT2D eigenvalue weighted by atomic mass is 10.1. The molecule has 0 saturated heterocycles. The van der Waals surface area contributed by atoms with Crippen LogP contribution in [0.25, 0.3) is 10.8 Å². The first-order valence-electron chi connectivity index (χ1n) is 5.11. The second-order valence-electron chi connectivity index (χ2n) is 3.63. The van der Waals surface area contributed by atoms with Crippen LogP contribution in [0.4, 0.5) is 10.5 Å². The SMILES string of the molecule is O=C(S)OCc1ccc2cc(NSI)ccc2c1. The molecule has 0 amide bonds. The highest BCUT2D eigenvalue weighted by molar-refractivity contribution is 14.2. The third-order valence-electron chi connectivity index (χ3n) is 2.42. The zero-order valence-electron chi connectivity index (χ0n) is 9.22. The predicted molar refractivity (Wildman–Crippen MR) is 88.4 cm³/mol. The molecule has 0 bridgehead atoms. The van der Waals surface area contributed by atoms with Crippen molar-refractivity contribution in [2.75, 3.05) is 4.72 Å². The fraction of sp³-hybridized carbons (Fsp3) is 0.0833. The van der Waals surface area contributed by atoms with Crippen LogP contribution in [-0.2, 0) is 11.3 Å². The van der Waals surface area contributed by atoms with Crippen molar-refractivity contribution in [1.82, 2.24) is 0 Å². The van der Waals surface area contributed by atoms with Crippen LogP contribution < -0.4 is 4.72 Å². The van der Waals surface area contributed by atoms with E-state index in [0.29, 0.717) is 0 Å². The van der Waals surface area contributed by atoms with Crippen LogP contribution >= 0.6 is 43.0 Å². The minimum Gasteiger partial charge on any atom is -0.453 e. The molecule has 0 aliphatic rings. The van der Waals surface area contributed by atoms with Gasteiger partial charge in [-0.1, -0.05) is 30.8 Å². The summed E-state index contributed by atoms with van der Waals surface area (Å²) in [4.78, 5) is 10.6. The van der Waals surface area contributed by atoms with Crippen molar-refractivity contribution in [3.8, 4) is 0 Å². The molecule has 0 heterocycles. The Morgan fingerprint density at radius 3 is 2.72 bits per heavy atom. The molecule has 0 spiro atoms. The highest BCUT2D eigenvalue weighted by Crippen LogP contribution is 2.24. The number of benzene rings is 2. The summed E-state index contributed by atoms with van der Waals surface area (Å²) in [6.07, 6.45) is 0. The molecule has 6 heteroatoms. The van der Waals surface area contributed by atoms with Gasteiger partial charge in [-0.25, -0.2) is 4.79 Å². The smallest absolute Gasteiger partial charge is 0.364 e. The molecular weight excluding hydrogens is 381 g/mol. The van der Waals surface area contributed by atoms with Crippen molar-refractivity contribution >= 4 is 64.7 Å². The molecule has 2 aromatic rings. The lowest BCUT2D eigenvalue weighted by molar-refractivity contribution is 0.169. The molecule has 0 saturated carbocycles. The van der Waals surface area contributed by atoms with Gasteiger partial charge in [-0.15, -0.1) is 0 Å². The monoisotopic (exact) mass is 391 g/mol. The highest BCUT2D eigenvalue weighted by Gasteiger charge is 2.00. The molecule has 0 unspecified atom stereocenters. The third kappa shape index (κ3) is 3.69. The molecule has 1 N–H and O–H groups in total. The molecule has 94 valence electrons. The highest BCUT2D eigenvalue weighted by atomic mass is 127. The van der Waals surface area contributed by atoms with E-state index in [2.05, 4.69) is 44.6 Å². The van der Waals surface area contributed by atoms with E-state index >= 15 is 0 Å². The summed E-state index contributed by atoms with van der Waals surface area (Å²) >= 11 is 5.75. The Morgan fingerprint density at radius 1 is 1.28 bits per heavy atom. The minimum atomic E-state index is -0.561. The van der Waals surface area contributed by atoms with Gasteiger partial charge in [0.15, 0.2) is 0 Å². The summed E-state index contributed by atoms with van der Waals surface area (Å²) < 4.78 is 8.03. The number of halogens is 1. The van der Waals surface area contributed by atoms with Gasteiger partial charge in [-0.3, -0.25) is 0 Å². The topological polar surface area (TPSA) is 38.3 Å². The van der Waals surface area contributed by atoms with Gasteiger partial charge in [-0.05, 0) is 34.5 Å². The van der Waals surface area contributed by atoms with Gasteiger partial charge in [0.25, 0.3) is 0 Å². The largest absolute Gasteiger partial charge is 0.453 e. The maximum Gasteiger partial charge on any atom is 0.364 e. The molecule has 0 radical (unpaired) electrons. The summed E-state index contributed by atoms with van der Waals surface area (Å²) in [5.74, 6) is 0. The van der Waals surface area contributed by atoms with Crippen LogP contribution in [0, 0.1) is 0 Å². The Balaban J connectivity index is 2.23. The van der Waals surface area contributed by atoms with E-state index in [4.69, 9.17) is 4.74 Å². The van der Waals surface area contributed by atoms with Crippen molar-refractivity contribution in [2.45, 2.75) is 6.61 Å². The van der Waals surface area contributed by atoms with Gasteiger partial charge in [0, 0.05) is 36.0 Å². The van der Waals surface area contributed by atoms with E-state index in [-0.39, 0.29) is 6.61 Å². The molecule has 0 fully saturated rings. The van der Waals surface area contributed by atoms with Crippen molar-refractivity contribution in [1.29, 1.82) is 0 Å². The van der Waals surface area contributed by atoms with Gasteiger partial charge in [0.05, 0.1) is 0 Å². The standard InChI is InChI=1S/C12H10INO2S2/c13-18-14-11-4-3-9-5-8(7-16-12(15)17)1-2-10(9)6-11/h1-6,14H,7H2,(H,15,17). The maximum atomic E-state index is 10.6. The average molecular weight is 391 g/mol. The molecule has 0 aliphatic carbocycles. The fourth-order valence-corrected chi connectivity index (χ4v) is 2.68. The van der Waals surface area contributed by atoms with Crippen LogP contribution in [0.1, 0.15) is 5.56 Å². The number of ether oxygens (including phenoxy) is 1. The predicted octanol–water partition coefficient (Wildman–Crippen LogP) is 4.82. The van der Waals surface area contributed by atoms with E-state index in [1.165, 1.54) is 9.12 Å². The van der Waals surface area contributed by atoms with E-state index in [1.54, 1.807) is 0 Å². The van der Waals surface area contributed by atoms with Crippen LogP contribution in [0.15, 0.2) is 36.4 Å². The summed E-state index contributed by atoms with van der Waals surface area (Å²) in [6.45, 7) is 0.252. The molecule has 3 nitrogen and oxygen atoms in total. The number of carbonyl (C=O) groups is 1. The number of nitrogens with one attached hydrogen (secondary N) is 1. The fourth-order valence-electron chi connectivity index (χ4n) is 1.64. The van der Waals surface area contributed by atoms with Gasteiger partial charge in [0.2, 0.25) is 0 Å². The number of hydrogen-bond acceptors (Lipinski definition) is 4. The van der Waals surface area contributed by atoms with Crippen LogP contribution in [0.2, 0.25) is 0 Å². The van der Waals surface area contributed by atoms with E-state index in [0.717, 1.165) is 22.0 Å². The molecule has 18 heavy (non-hydrogen) atoms. The average Bonchev–Trinajstić information content (AvgIpc) is 2.36. The lowest BCUT2D eigenvalue weighted by Crippen LogP contribution is -1.94. The number of hydrogen-bond donors (Lipinski definition) is 2. The minimum absolute atomic E-state index is 0.252. The Labute approximate surface area is 127 Å². The van der Waals surface area contributed by atoms with Gasteiger partial charge >= 0.3 is 5.30 Å². The van der Waals surface area contributed by atoms with Gasteiger partial charge < -0.3 is 9.46 Å². The molecule has 2 aromatic carbocycles. The second-order valence-corrected chi connectivity index (χ2v) is 5.67. The number of fused-ring (bicyclic) bond motifs is 1. The van der Waals surface area contributed by atoms with Gasteiger partial charge in [-0.2, -0.15) is 0 Å². The molecule has 0 aromatic heterocycles. The summed E-state index contributed by atoms with van der Waals surface area (Å²) in [7, 11) is 1.53. The van der Waals surface area contributed by atoms with Crippen LogP contribution in [0.3, 0.4) is 0 Å². The van der Waals surface area contributed by atoms with E-state index < -0.39 is 5.30 Å². The van der Waals surface area contributed by atoms with Crippen molar-refractivity contribution < 1.29 is 9.53 Å². The lowest BCUT2D eigenvalue weighted by Gasteiger charge is -2.06. The Morgan fingerprint density at radius 2 is 2.00 bits per heavy atom. The van der Waals surface area contributed by atoms with Gasteiger partial charge in [0.1, 0.15) is 6.61 Å². The Kier molecular flexibility index (Phi) is 5.02.